The zero-order chi connectivity index (χ0) is 16.7. The topological polar surface area (TPSA) is 63.2 Å². The summed E-state index contributed by atoms with van der Waals surface area (Å²) in [4.78, 5) is 16.7. The van der Waals surface area contributed by atoms with E-state index in [-0.39, 0.29) is 10.9 Å². The number of carbonyl (C=O) groups excluding carboxylic acids is 1. The zero-order valence-electron chi connectivity index (χ0n) is 12.5. The molecule has 0 saturated carbocycles. The van der Waals surface area contributed by atoms with E-state index in [1.807, 2.05) is 6.07 Å². The SMILES string of the molecule is CCOC(NC(=S)Nc1ccccn1)C(=O)c1ccccc1Cl. The van der Waals surface area contributed by atoms with Gasteiger partial charge in [-0.3, -0.25) is 4.79 Å². The number of hydrogen-bond donors (Lipinski definition) is 2. The maximum atomic E-state index is 12.6. The van der Waals surface area contributed by atoms with Gasteiger partial charge in [-0.05, 0) is 43.4 Å². The Hall–Kier alpha value is -2.02. The van der Waals surface area contributed by atoms with Crippen LogP contribution in [0.5, 0.6) is 0 Å². The van der Waals surface area contributed by atoms with E-state index >= 15 is 0 Å². The summed E-state index contributed by atoms with van der Waals surface area (Å²) in [6, 6.07) is 12.2. The Bertz CT molecular complexity index is 682. The van der Waals surface area contributed by atoms with E-state index in [0.29, 0.717) is 23.0 Å². The third kappa shape index (κ3) is 4.99. The van der Waals surface area contributed by atoms with Gasteiger partial charge < -0.3 is 15.4 Å². The number of nitrogens with zero attached hydrogens (tertiary/aromatic N) is 1. The number of rotatable bonds is 6. The van der Waals surface area contributed by atoms with Gasteiger partial charge in [0, 0.05) is 18.4 Å². The second kappa shape index (κ2) is 8.57. The third-order valence-corrected chi connectivity index (χ3v) is 3.43. The number of thiocarbonyl (C=S) groups is 1. The van der Waals surface area contributed by atoms with Gasteiger partial charge in [-0.15, -0.1) is 0 Å². The molecule has 0 fully saturated rings. The molecule has 2 rings (SSSR count). The number of carbonyl (C=O) groups is 1. The molecule has 0 spiro atoms. The minimum Gasteiger partial charge on any atom is -0.351 e. The molecular weight excluding hydrogens is 334 g/mol. The number of anilines is 1. The van der Waals surface area contributed by atoms with Crippen molar-refractivity contribution in [1.29, 1.82) is 0 Å². The van der Waals surface area contributed by atoms with Crippen molar-refractivity contribution in [2.75, 3.05) is 11.9 Å². The molecule has 1 unspecified atom stereocenters. The maximum Gasteiger partial charge on any atom is 0.213 e. The summed E-state index contributed by atoms with van der Waals surface area (Å²) < 4.78 is 5.45. The van der Waals surface area contributed by atoms with Gasteiger partial charge in [0.2, 0.25) is 5.78 Å². The Morgan fingerprint density at radius 3 is 2.70 bits per heavy atom. The fourth-order valence-corrected chi connectivity index (χ4v) is 2.30. The van der Waals surface area contributed by atoms with Gasteiger partial charge in [0.05, 0.1) is 5.02 Å². The van der Waals surface area contributed by atoms with Crippen molar-refractivity contribution in [3.63, 3.8) is 0 Å². The van der Waals surface area contributed by atoms with Crippen LogP contribution in [0, 0.1) is 0 Å². The lowest BCUT2D eigenvalue weighted by Gasteiger charge is -2.20. The normalized spacial score (nSPS) is 11.6. The van der Waals surface area contributed by atoms with E-state index in [0.717, 1.165) is 0 Å². The number of nitrogens with one attached hydrogen (secondary N) is 2. The molecule has 0 saturated heterocycles. The fourth-order valence-electron chi connectivity index (χ4n) is 1.86. The van der Waals surface area contributed by atoms with E-state index in [1.54, 1.807) is 49.5 Å². The first-order valence-corrected chi connectivity index (χ1v) is 7.79. The minimum absolute atomic E-state index is 0.238. The lowest BCUT2D eigenvalue weighted by molar-refractivity contribution is 0.0405. The molecule has 0 aliphatic heterocycles. The summed E-state index contributed by atoms with van der Waals surface area (Å²) in [5.41, 5.74) is 0.376. The summed E-state index contributed by atoms with van der Waals surface area (Å²) in [5.74, 6) is 0.285. The highest BCUT2D eigenvalue weighted by molar-refractivity contribution is 7.80. The molecule has 0 aliphatic carbocycles. The quantitative estimate of drug-likeness (QED) is 0.474. The van der Waals surface area contributed by atoms with Crippen LogP contribution in [0.25, 0.3) is 0 Å². The lowest BCUT2D eigenvalue weighted by Crippen LogP contribution is -2.45. The number of halogens is 1. The number of ketones is 1. The highest BCUT2D eigenvalue weighted by atomic mass is 35.5. The van der Waals surface area contributed by atoms with Crippen LogP contribution in [-0.2, 0) is 4.74 Å². The summed E-state index contributed by atoms with van der Waals surface area (Å²) in [6.45, 7) is 2.14. The molecule has 2 aromatic rings. The standard InChI is InChI=1S/C16H16ClN3O2S/c1-2-22-15(14(21)11-7-3-4-8-12(11)17)20-16(23)19-13-9-5-6-10-18-13/h3-10,15H,2H2,1H3,(H2,18,19,20,23). The summed E-state index contributed by atoms with van der Waals surface area (Å²) >= 11 is 11.3. The molecule has 1 aromatic heterocycles. The molecule has 0 radical (unpaired) electrons. The summed E-state index contributed by atoms with van der Waals surface area (Å²) in [5, 5.41) is 6.34. The summed E-state index contributed by atoms with van der Waals surface area (Å²) in [7, 11) is 0. The number of Topliss-reactive ketones (excluding diaryl/α,β-unsaturated/α-hetero) is 1. The Labute approximate surface area is 145 Å². The molecule has 0 amide bonds. The molecule has 1 aromatic carbocycles. The van der Waals surface area contributed by atoms with Gasteiger partial charge in [-0.1, -0.05) is 29.8 Å². The van der Waals surface area contributed by atoms with Crippen LogP contribution in [-0.4, -0.2) is 28.7 Å². The van der Waals surface area contributed by atoms with Crippen molar-refractivity contribution in [3.05, 3.63) is 59.2 Å². The molecule has 23 heavy (non-hydrogen) atoms. The molecule has 1 atom stereocenters. The highest BCUT2D eigenvalue weighted by Crippen LogP contribution is 2.17. The Balaban J connectivity index is 2.07. The largest absolute Gasteiger partial charge is 0.351 e. The van der Waals surface area contributed by atoms with Crippen molar-refractivity contribution < 1.29 is 9.53 Å². The van der Waals surface area contributed by atoms with Crippen LogP contribution >= 0.6 is 23.8 Å². The van der Waals surface area contributed by atoms with Gasteiger partial charge in [0.15, 0.2) is 11.3 Å². The molecule has 1 heterocycles. The summed E-state index contributed by atoms with van der Waals surface area (Å²) in [6.07, 6.45) is 0.712. The van der Waals surface area contributed by atoms with Crippen molar-refractivity contribution in [3.8, 4) is 0 Å². The minimum atomic E-state index is -0.927. The third-order valence-electron chi connectivity index (χ3n) is 2.88. The van der Waals surface area contributed by atoms with Crippen LogP contribution in [0.3, 0.4) is 0 Å². The van der Waals surface area contributed by atoms with E-state index in [4.69, 9.17) is 28.6 Å². The predicted octanol–water partition coefficient (Wildman–Crippen LogP) is 3.27. The Morgan fingerprint density at radius 2 is 2.04 bits per heavy atom. The maximum absolute atomic E-state index is 12.6. The molecule has 120 valence electrons. The predicted molar refractivity (Wildman–Crippen MR) is 94.8 cm³/mol. The smallest absolute Gasteiger partial charge is 0.213 e. The van der Waals surface area contributed by atoms with Crippen LogP contribution in [0.1, 0.15) is 17.3 Å². The van der Waals surface area contributed by atoms with E-state index in [2.05, 4.69) is 15.6 Å². The number of aromatic nitrogens is 1. The first-order chi connectivity index (χ1) is 11.1. The molecule has 5 nitrogen and oxygen atoms in total. The lowest BCUT2D eigenvalue weighted by atomic mass is 10.1. The molecular formula is C16H16ClN3O2S. The van der Waals surface area contributed by atoms with Gasteiger partial charge in [0.1, 0.15) is 5.82 Å². The van der Waals surface area contributed by atoms with E-state index in [1.165, 1.54) is 0 Å². The van der Waals surface area contributed by atoms with Gasteiger partial charge in [-0.2, -0.15) is 0 Å². The molecule has 2 N–H and O–H groups in total. The van der Waals surface area contributed by atoms with Gasteiger partial charge in [0.25, 0.3) is 0 Å². The van der Waals surface area contributed by atoms with Crippen LogP contribution in [0.2, 0.25) is 5.02 Å². The van der Waals surface area contributed by atoms with Crippen LogP contribution in [0.4, 0.5) is 5.82 Å². The van der Waals surface area contributed by atoms with E-state index in [9.17, 15) is 4.79 Å². The van der Waals surface area contributed by atoms with Gasteiger partial charge in [-0.25, -0.2) is 4.98 Å². The van der Waals surface area contributed by atoms with E-state index < -0.39 is 6.23 Å². The van der Waals surface area contributed by atoms with Crippen LogP contribution < -0.4 is 10.6 Å². The molecule has 7 heteroatoms. The number of benzene rings is 1. The zero-order valence-corrected chi connectivity index (χ0v) is 14.0. The first-order valence-electron chi connectivity index (χ1n) is 7.00. The van der Waals surface area contributed by atoms with Crippen LogP contribution in [0.15, 0.2) is 48.7 Å². The molecule has 0 bridgehead atoms. The second-order valence-corrected chi connectivity index (χ2v) is 5.31. The number of hydrogen-bond acceptors (Lipinski definition) is 4. The second-order valence-electron chi connectivity index (χ2n) is 4.49. The highest BCUT2D eigenvalue weighted by Gasteiger charge is 2.23. The van der Waals surface area contributed by atoms with Crippen molar-refractivity contribution in [2.45, 2.75) is 13.2 Å². The van der Waals surface area contributed by atoms with Crippen molar-refractivity contribution in [1.82, 2.24) is 10.3 Å². The monoisotopic (exact) mass is 349 g/mol. The van der Waals surface area contributed by atoms with Gasteiger partial charge >= 0.3 is 0 Å². The Kier molecular flexibility index (Phi) is 6.46. The molecule has 0 aliphatic rings. The Morgan fingerprint density at radius 1 is 1.30 bits per heavy atom. The number of pyridine rings is 1. The fraction of sp³-hybridized carbons (Fsp3) is 0.188. The van der Waals surface area contributed by atoms with Crippen molar-refractivity contribution >= 4 is 40.5 Å². The first kappa shape index (κ1) is 17.3. The number of ether oxygens (including phenoxy) is 1. The van der Waals surface area contributed by atoms with Crippen molar-refractivity contribution in [2.24, 2.45) is 0 Å². The average molecular weight is 350 g/mol. The average Bonchev–Trinajstić information content (AvgIpc) is 2.55.